The average molecular weight is 307 g/mol. The van der Waals surface area contributed by atoms with Gasteiger partial charge in [-0.05, 0) is 42.0 Å². The highest BCUT2D eigenvalue weighted by atomic mass is 16.3. The molecule has 0 aliphatic heterocycles. The van der Waals surface area contributed by atoms with Gasteiger partial charge in [-0.3, -0.25) is 4.79 Å². The number of carbonyl (C=O) groups is 1. The van der Waals surface area contributed by atoms with E-state index in [0.717, 1.165) is 0 Å². The number of carbonyl (C=O) groups excluding carboxylic acids is 1. The maximum Gasteiger partial charge on any atom is 0.253 e. The van der Waals surface area contributed by atoms with Crippen LogP contribution in [0, 0.1) is 0 Å². The Labute approximate surface area is 134 Å². The molecule has 1 amide bonds. The number of nitrogens with one attached hydrogen (secondary N) is 1. The van der Waals surface area contributed by atoms with Crippen molar-refractivity contribution >= 4 is 5.91 Å². The molecule has 4 nitrogen and oxygen atoms in total. The predicted octanol–water partition coefficient (Wildman–Crippen LogP) is 2.12. The van der Waals surface area contributed by atoms with Crippen LogP contribution in [0.1, 0.15) is 15.9 Å². The van der Waals surface area contributed by atoms with Gasteiger partial charge < -0.3 is 15.5 Å². The minimum Gasteiger partial charge on any atom is -0.377 e. The summed E-state index contributed by atoms with van der Waals surface area (Å²) in [5.41, 5.74) is -1.80. The quantitative estimate of drug-likeness (QED) is 0.601. The lowest BCUT2D eigenvalue weighted by atomic mass is 9.87. The van der Waals surface area contributed by atoms with Crippen molar-refractivity contribution in [2.75, 3.05) is 0 Å². The van der Waals surface area contributed by atoms with Crippen LogP contribution in [0.2, 0.25) is 0 Å². The van der Waals surface area contributed by atoms with E-state index in [-0.39, 0.29) is 0 Å². The molecular weight excluding hydrogens is 290 g/mol. The molecular formula is C19H17NO3. The van der Waals surface area contributed by atoms with Crippen LogP contribution in [0.5, 0.6) is 0 Å². The first-order valence-electron chi connectivity index (χ1n) is 7.29. The summed E-state index contributed by atoms with van der Waals surface area (Å²) >= 11 is 0. The largest absolute Gasteiger partial charge is 0.377 e. The maximum absolute atomic E-state index is 12.1. The fraction of sp³-hybridized carbons (Fsp3) is 0.105. The lowest BCUT2D eigenvalue weighted by molar-refractivity contribution is 0.0625. The normalized spacial score (nSPS) is 26.0. The van der Waals surface area contributed by atoms with Crippen molar-refractivity contribution in [3.8, 4) is 0 Å². The third-order valence-corrected chi connectivity index (χ3v) is 3.77. The molecule has 116 valence electrons. The van der Waals surface area contributed by atoms with Gasteiger partial charge >= 0.3 is 0 Å². The van der Waals surface area contributed by atoms with Crippen LogP contribution in [0.4, 0.5) is 0 Å². The maximum atomic E-state index is 12.1. The zero-order chi connectivity index (χ0) is 16.3. The third kappa shape index (κ3) is 3.23. The Kier molecular flexibility index (Phi) is 3.86. The van der Waals surface area contributed by atoms with Gasteiger partial charge in [-0.1, -0.05) is 48.5 Å². The van der Waals surface area contributed by atoms with E-state index in [1.54, 1.807) is 36.4 Å². The van der Waals surface area contributed by atoms with Crippen molar-refractivity contribution in [2.24, 2.45) is 0 Å². The lowest BCUT2D eigenvalue weighted by Crippen LogP contribution is -2.47. The van der Waals surface area contributed by atoms with E-state index < -0.39 is 17.2 Å². The van der Waals surface area contributed by atoms with E-state index in [2.05, 4.69) is 5.32 Å². The molecule has 0 saturated heterocycles. The molecule has 0 unspecified atom stereocenters. The molecule has 0 heterocycles. The summed E-state index contributed by atoms with van der Waals surface area (Å²) in [4.78, 5) is 12.1. The summed E-state index contributed by atoms with van der Waals surface area (Å²) in [5.74, 6) is -0.396. The Morgan fingerprint density at radius 2 is 1.30 bits per heavy atom. The Balaban J connectivity index is 1.78. The molecule has 0 spiro atoms. The number of rotatable bonds is 3. The molecule has 2 aromatic rings. The molecule has 0 radical (unpaired) electrons. The van der Waals surface area contributed by atoms with Crippen molar-refractivity contribution < 1.29 is 15.0 Å². The van der Waals surface area contributed by atoms with Gasteiger partial charge in [0.05, 0.1) is 0 Å². The van der Waals surface area contributed by atoms with E-state index in [1.165, 1.54) is 24.3 Å². The van der Waals surface area contributed by atoms with Gasteiger partial charge in [-0.25, -0.2) is 0 Å². The molecule has 3 N–H and O–H groups in total. The van der Waals surface area contributed by atoms with Crippen LogP contribution in [0.3, 0.4) is 0 Å². The summed E-state index contributed by atoms with van der Waals surface area (Å²) in [6.45, 7) is 0. The van der Waals surface area contributed by atoms with Crippen LogP contribution < -0.4 is 5.32 Å². The molecule has 4 heteroatoms. The Morgan fingerprint density at radius 1 is 0.783 bits per heavy atom. The first-order valence-corrected chi connectivity index (χ1v) is 7.29. The number of benzene rings is 2. The van der Waals surface area contributed by atoms with Gasteiger partial charge in [0.2, 0.25) is 0 Å². The standard InChI is InChI=1S/C19H17NO3/c21-17(15-7-3-1-4-8-15)20-19(23)13-11-18(22,12-14-19)16-9-5-2-6-10-16/h1-14,22-23H,(H,20,21). The monoisotopic (exact) mass is 307 g/mol. The van der Waals surface area contributed by atoms with Crippen molar-refractivity contribution in [1.82, 2.24) is 5.32 Å². The van der Waals surface area contributed by atoms with Crippen molar-refractivity contribution in [3.63, 3.8) is 0 Å². The molecule has 0 bridgehead atoms. The molecule has 2 aromatic carbocycles. The zero-order valence-corrected chi connectivity index (χ0v) is 12.4. The molecule has 1 aliphatic rings. The van der Waals surface area contributed by atoms with Gasteiger partial charge in [0.1, 0.15) is 5.60 Å². The first-order chi connectivity index (χ1) is 11.0. The topological polar surface area (TPSA) is 69.6 Å². The third-order valence-electron chi connectivity index (χ3n) is 3.77. The SMILES string of the molecule is O=C(NC1(O)C=CC(O)(c2ccccc2)C=C1)c1ccccc1. The second-order valence-electron chi connectivity index (χ2n) is 5.50. The molecule has 23 heavy (non-hydrogen) atoms. The van der Waals surface area contributed by atoms with E-state index in [9.17, 15) is 15.0 Å². The second kappa shape index (κ2) is 5.83. The highest BCUT2D eigenvalue weighted by molar-refractivity contribution is 5.94. The highest BCUT2D eigenvalue weighted by Gasteiger charge is 2.33. The smallest absolute Gasteiger partial charge is 0.253 e. The van der Waals surface area contributed by atoms with Gasteiger partial charge in [0.15, 0.2) is 5.72 Å². The number of hydrogen-bond acceptors (Lipinski definition) is 3. The predicted molar refractivity (Wildman–Crippen MR) is 87.5 cm³/mol. The molecule has 1 aliphatic carbocycles. The van der Waals surface area contributed by atoms with Crippen molar-refractivity contribution in [1.29, 1.82) is 0 Å². The first kappa shape index (κ1) is 15.2. The van der Waals surface area contributed by atoms with Gasteiger partial charge in [-0.15, -0.1) is 0 Å². The minimum atomic E-state index is -1.63. The zero-order valence-electron chi connectivity index (χ0n) is 12.4. The van der Waals surface area contributed by atoms with Crippen LogP contribution in [-0.2, 0) is 5.60 Å². The molecule has 3 rings (SSSR count). The fourth-order valence-corrected chi connectivity index (χ4v) is 2.44. The summed E-state index contributed by atoms with van der Waals surface area (Å²) in [6, 6.07) is 17.7. The summed E-state index contributed by atoms with van der Waals surface area (Å²) in [5, 5.41) is 23.6. The van der Waals surface area contributed by atoms with Crippen LogP contribution in [0.25, 0.3) is 0 Å². The number of hydrogen-bond donors (Lipinski definition) is 3. The Morgan fingerprint density at radius 3 is 1.87 bits per heavy atom. The van der Waals surface area contributed by atoms with Gasteiger partial charge in [0, 0.05) is 5.56 Å². The van der Waals surface area contributed by atoms with Crippen LogP contribution in [-0.4, -0.2) is 21.8 Å². The van der Waals surface area contributed by atoms with Gasteiger partial charge in [-0.2, -0.15) is 0 Å². The molecule has 0 atom stereocenters. The minimum absolute atomic E-state index is 0.396. The van der Waals surface area contributed by atoms with E-state index in [1.807, 2.05) is 24.3 Å². The summed E-state index contributed by atoms with van der Waals surface area (Å²) < 4.78 is 0. The van der Waals surface area contributed by atoms with Gasteiger partial charge in [0.25, 0.3) is 5.91 Å². The number of aliphatic hydroxyl groups is 2. The molecule has 0 saturated carbocycles. The van der Waals surface area contributed by atoms with E-state index >= 15 is 0 Å². The highest BCUT2D eigenvalue weighted by Crippen LogP contribution is 2.29. The fourth-order valence-electron chi connectivity index (χ4n) is 2.44. The van der Waals surface area contributed by atoms with Crippen LogP contribution >= 0.6 is 0 Å². The lowest BCUT2D eigenvalue weighted by Gasteiger charge is -2.31. The summed E-state index contributed by atoms with van der Waals surface area (Å²) in [7, 11) is 0. The second-order valence-corrected chi connectivity index (χ2v) is 5.50. The number of amides is 1. The average Bonchev–Trinajstić information content (AvgIpc) is 2.59. The van der Waals surface area contributed by atoms with Crippen LogP contribution in [0.15, 0.2) is 85.0 Å². The van der Waals surface area contributed by atoms with Crippen molar-refractivity contribution in [3.05, 3.63) is 96.1 Å². The van der Waals surface area contributed by atoms with E-state index in [4.69, 9.17) is 0 Å². The molecule has 0 fully saturated rings. The van der Waals surface area contributed by atoms with E-state index in [0.29, 0.717) is 11.1 Å². The Bertz CT molecular complexity index is 737. The summed E-state index contributed by atoms with van der Waals surface area (Å²) in [6.07, 6.45) is 5.68. The Hall–Kier alpha value is -2.69. The van der Waals surface area contributed by atoms with Crippen molar-refractivity contribution in [2.45, 2.75) is 11.3 Å². The molecule has 0 aromatic heterocycles.